The molecule has 0 radical (unpaired) electrons. The normalized spacial score (nSPS) is 15.6. The molecule has 0 bridgehead atoms. The summed E-state index contributed by atoms with van der Waals surface area (Å²) in [5.74, 6) is 0.263. The van der Waals surface area contributed by atoms with E-state index in [1.165, 1.54) is 6.42 Å². The van der Waals surface area contributed by atoms with Crippen LogP contribution in [0.5, 0.6) is 5.75 Å². The van der Waals surface area contributed by atoms with Crippen LogP contribution in [0.15, 0.2) is 39.3 Å². The summed E-state index contributed by atoms with van der Waals surface area (Å²) >= 11 is 7.05. The van der Waals surface area contributed by atoms with E-state index in [9.17, 15) is 4.79 Å². The van der Waals surface area contributed by atoms with Crippen molar-refractivity contribution >= 4 is 59.9 Å². The van der Waals surface area contributed by atoms with Crippen molar-refractivity contribution in [2.75, 3.05) is 0 Å². The lowest BCUT2D eigenvalue weighted by Gasteiger charge is -2.20. The van der Waals surface area contributed by atoms with E-state index in [-0.39, 0.29) is 11.9 Å². The largest absolute Gasteiger partial charge is 0.423 e. The number of ether oxygens (including phenoxy) is 1. The van der Waals surface area contributed by atoms with Gasteiger partial charge in [0.25, 0.3) is 0 Å². The molecule has 0 spiro atoms. The third-order valence-electron chi connectivity index (χ3n) is 4.62. The Balaban J connectivity index is 1.81. The minimum Gasteiger partial charge on any atom is -0.423 e. The number of carbonyl (C=O) groups excluding carboxylic acids is 1. The van der Waals surface area contributed by atoms with Crippen LogP contribution in [0.4, 0.5) is 0 Å². The minimum absolute atomic E-state index is 0.0206. The predicted molar refractivity (Wildman–Crippen MR) is 105 cm³/mol. The number of fused-ring (bicyclic) bond motifs is 2. The van der Waals surface area contributed by atoms with Crippen molar-refractivity contribution in [1.29, 1.82) is 0 Å². The fourth-order valence-electron chi connectivity index (χ4n) is 3.30. The number of hydrogen-bond donors (Lipinski definition) is 0. The molecule has 4 nitrogen and oxygen atoms in total. The van der Waals surface area contributed by atoms with Crippen molar-refractivity contribution in [3.05, 3.63) is 39.3 Å². The molecule has 2 aromatic carbocycles. The van der Waals surface area contributed by atoms with Gasteiger partial charge in [0.15, 0.2) is 5.75 Å². The van der Waals surface area contributed by atoms with Crippen molar-refractivity contribution in [3.8, 4) is 5.75 Å². The van der Waals surface area contributed by atoms with Crippen molar-refractivity contribution in [2.45, 2.75) is 32.1 Å². The zero-order valence-corrected chi connectivity index (χ0v) is 16.6. The van der Waals surface area contributed by atoms with E-state index < -0.39 is 0 Å². The third kappa shape index (κ3) is 3.29. The van der Waals surface area contributed by atoms with Gasteiger partial charge in [-0.05, 0) is 62.9 Å². The maximum absolute atomic E-state index is 12.6. The van der Waals surface area contributed by atoms with E-state index in [1.807, 2.05) is 30.3 Å². The fourth-order valence-corrected chi connectivity index (χ4v) is 4.61. The highest BCUT2D eigenvalue weighted by Crippen LogP contribution is 2.38. The zero-order valence-electron chi connectivity index (χ0n) is 13.5. The van der Waals surface area contributed by atoms with E-state index >= 15 is 0 Å². The SMILES string of the molecule is O=C(Oc1c(Br)cc(Br)c2nc3ccccc3nc12)C1CCCCC1. The Hall–Kier alpha value is -1.53. The summed E-state index contributed by atoms with van der Waals surface area (Å²) in [5.41, 5.74) is 2.86. The molecule has 128 valence electrons. The predicted octanol–water partition coefficient (Wildman–Crippen LogP) is 5.79. The van der Waals surface area contributed by atoms with Gasteiger partial charge in [-0.2, -0.15) is 0 Å². The first-order chi connectivity index (χ1) is 12.1. The second-order valence-corrected chi connectivity index (χ2v) is 8.04. The van der Waals surface area contributed by atoms with Gasteiger partial charge in [0.2, 0.25) is 0 Å². The molecule has 0 N–H and O–H groups in total. The second kappa shape index (κ2) is 7.00. The lowest BCUT2D eigenvalue weighted by Crippen LogP contribution is -2.23. The number of hydrogen-bond acceptors (Lipinski definition) is 4. The monoisotopic (exact) mass is 462 g/mol. The van der Waals surface area contributed by atoms with Crippen molar-refractivity contribution in [3.63, 3.8) is 0 Å². The van der Waals surface area contributed by atoms with Crippen LogP contribution in [0.25, 0.3) is 22.1 Å². The van der Waals surface area contributed by atoms with Crippen LogP contribution >= 0.6 is 31.9 Å². The smallest absolute Gasteiger partial charge is 0.314 e. The molecule has 1 fully saturated rings. The molecule has 0 amide bonds. The maximum atomic E-state index is 12.6. The van der Waals surface area contributed by atoms with E-state index in [0.29, 0.717) is 21.3 Å². The highest BCUT2D eigenvalue weighted by molar-refractivity contribution is 9.11. The molecule has 0 unspecified atom stereocenters. The van der Waals surface area contributed by atoms with Crippen LogP contribution in [0.1, 0.15) is 32.1 Å². The van der Waals surface area contributed by atoms with Crippen LogP contribution in [-0.2, 0) is 4.79 Å². The molecule has 1 aliphatic carbocycles. The highest BCUT2D eigenvalue weighted by Gasteiger charge is 2.25. The molecule has 4 rings (SSSR count). The first-order valence-electron chi connectivity index (χ1n) is 8.39. The quantitative estimate of drug-likeness (QED) is 0.274. The molecule has 1 heterocycles. The van der Waals surface area contributed by atoms with E-state index in [4.69, 9.17) is 9.72 Å². The minimum atomic E-state index is -0.168. The average Bonchev–Trinajstić information content (AvgIpc) is 2.64. The number of halogens is 2. The summed E-state index contributed by atoms with van der Waals surface area (Å²) in [4.78, 5) is 22.0. The maximum Gasteiger partial charge on any atom is 0.314 e. The van der Waals surface area contributed by atoms with E-state index in [2.05, 4.69) is 36.8 Å². The molecule has 3 aromatic rings. The topological polar surface area (TPSA) is 52.1 Å². The van der Waals surface area contributed by atoms with Crippen molar-refractivity contribution < 1.29 is 9.53 Å². The van der Waals surface area contributed by atoms with Gasteiger partial charge in [0.05, 0.1) is 21.4 Å². The number of aromatic nitrogens is 2. The molecule has 0 aliphatic heterocycles. The standard InChI is InChI=1S/C19H16Br2N2O2/c20-12-10-13(21)18(25-19(24)11-6-2-1-3-7-11)17-16(12)22-14-8-4-5-9-15(14)23-17/h4-5,8-11H,1-3,6-7H2. The molecule has 1 aliphatic rings. The lowest BCUT2D eigenvalue weighted by atomic mass is 9.89. The van der Waals surface area contributed by atoms with Crippen molar-refractivity contribution in [1.82, 2.24) is 9.97 Å². The van der Waals surface area contributed by atoms with Gasteiger partial charge in [0.1, 0.15) is 11.0 Å². The Labute approximate surface area is 162 Å². The van der Waals surface area contributed by atoms with Crippen molar-refractivity contribution in [2.24, 2.45) is 5.92 Å². The summed E-state index contributed by atoms with van der Waals surface area (Å²) < 4.78 is 7.30. The average molecular weight is 464 g/mol. The summed E-state index contributed by atoms with van der Waals surface area (Å²) in [6, 6.07) is 9.53. The molecular formula is C19H16Br2N2O2. The van der Waals surface area contributed by atoms with E-state index in [1.54, 1.807) is 0 Å². The zero-order chi connectivity index (χ0) is 17.4. The van der Waals surface area contributed by atoms with Crippen LogP contribution in [0, 0.1) is 5.92 Å². The number of benzene rings is 2. The summed E-state index contributed by atoms with van der Waals surface area (Å²) in [6.45, 7) is 0. The molecule has 1 saturated carbocycles. The Bertz CT molecular complexity index is 968. The number of carbonyl (C=O) groups is 1. The summed E-state index contributed by atoms with van der Waals surface area (Å²) in [7, 11) is 0. The van der Waals surface area contributed by atoms with Gasteiger partial charge >= 0.3 is 5.97 Å². The first-order valence-corrected chi connectivity index (χ1v) is 9.98. The van der Waals surface area contributed by atoms with Gasteiger partial charge in [-0.25, -0.2) is 9.97 Å². The third-order valence-corrected chi connectivity index (χ3v) is 5.82. The van der Waals surface area contributed by atoms with Crippen LogP contribution in [-0.4, -0.2) is 15.9 Å². The Morgan fingerprint density at radius 2 is 1.60 bits per heavy atom. The lowest BCUT2D eigenvalue weighted by molar-refractivity contribution is -0.139. The fraction of sp³-hybridized carbons (Fsp3) is 0.316. The number of rotatable bonds is 2. The first kappa shape index (κ1) is 16.9. The number of para-hydroxylation sites is 2. The van der Waals surface area contributed by atoms with Gasteiger partial charge in [-0.1, -0.05) is 31.4 Å². The highest BCUT2D eigenvalue weighted by atomic mass is 79.9. The Morgan fingerprint density at radius 3 is 2.28 bits per heavy atom. The second-order valence-electron chi connectivity index (χ2n) is 6.33. The summed E-state index contributed by atoms with van der Waals surface area (Å²) in [5, 5.41) is 0. The van der Waals surface area contributed by atoms with Gasteiger partial charge in [0, 0.05) is 4.47 Å². The van der Waals surface area contributed by atoms with E-state index in [0.717, 1.165) is 41.2 Å². The number of esters is 1. The molecule has 6 heteroatoms. The van der Waals surface area contributed by atoms with Gasteiger partial charge in [-0.3, -0.25) is 4.79 Å². The Kier molecular flexibility index (Phi) is 4.73. The van der Waals surface area contributed by atoms with Crippen LogP contribution in [0.2, 0.25) is 0 Å². The molecule has 0 saturated heterocycles. The van der Waals surface area contributed by atoms with Gasteiger partial charge < -0.3 is 4.74 Å². The molecule has 1 aromatic heterocycles. The number of nitrogens with zero attached hydrogens (tertiary/aromatic N) is 2. The summed E-state index contributed by atoms with van der Waals surface area (Å²) in [6.07, 6.45) is 5.18. The molecular weight excluding hydrogens is 448 g/mol. The molecule has 0 atom stereocenters. The van der Waals surface area contributed by atoms with Crippen LogP contribution in [0.3, 0.4) is 0 Å². The molecule has 25 heavy (non-hydrogen) atoms. The van der Waals surface area contributed by atoms with Gasteiger partial charge in [-0.15, -0.1) is 0 Å². The van der Waals surface area contributed by atoms with Crippen LogP contribution < -0.4 is 4.74 Å². The Morgan fingerprint density at radius 1 is 0.960 bits per heavy atom.